The van der Waals surface area contributed by atoms with Crippen LogP contribution in [0.4, 0.5) is 17.1 Å². The van der Waals surface area contributed by atoms with Crippen molar-refractivity contribution in [2.75, 3.05) is 12.4 Å². The Hall–Kier alpha value is -3.39. The maximum atomic E-state index is 12.3. The van der Waals surface area contributed by atoms with E-state index in [9.17, 15) is 9.59 Å². The summed E-state index contributed by atoms with van der Waals surface area (Å²) in [7, 11) is 1.46. The molecule has 0 atom stereocenters. The van der Waals surface area contributed by atoms with Gasteiger partial charge in [0.15, 0.2) is 5.69 Å². The van der Waals surface area contributed by atoms with E-state index in [0.29, 0.717) is 28.4 Å². The molecule has 0 aliphatic heterocycles. The number of nitrogens with one attached hydrogen (secondary N) is 3. The fourth-order valence-electron chi connectivity index (χ4n) is 2.33. The standard InChI is InChI=1S/C18H16ClN5O3/c1-10-16(18(26)24-21-10)23-22-14-8-12(19)13(9-15(14)27-2)20-17(25)11-6-4-3-5-7-11/h3-9H,1-2H3,(H,20,25)(H2,21,24,26). The zero-order valence-electron chi connectivity index (χ0n) is 14.5. The molecule has 0 aliphatic carbocycles. The Bertz CT molecular complexity index is 1060. The summed E-state index contributed by atoms with van der Waals surface area (Å²) in [5.41, 5.74) is 1.53. The number of aromatic nitrogens is 2. The summed E-state index contributed by atoms with van der Waals surface area (Å²) in [5, 5.41) is 16.1. The lowest BCUT2D eigenvalue weighted by Crippen LogP contribution is -2.12. The third kappa shape index (κ3) is 4.06. The monoisotopic (exact) mass is 385 g/mol. The number of azo groups is 1. The maximum Gasteiger partial charge on any atom is 0.291 e. The highest BCUT2D eigenvalue weighted by Gasteiger charge is 2.13. The van der Waals surface area contributed by atoms with Crippen LogP contribution in [-0.4, -0.2) is 23.2 Å². The predicted octanol–water partition coefficient (Wildman–Crippen LogP) is 4.34. The molecule has 2 aromatic carbocycles. The van der Waals surface area contributed by atoms with Crippen LogP contribution in [0.15, 0.2) is 57.5 Å². The second kappa shape index (κ2) is 7.88. The molecule has 3 aromatic rings. The molecule has 0 unspecified atom stereocenters. The fourth-order valence-corrected chi connectivity index (χ4v) is 2.53. The number of ether oxygens (including phenoxy) is 1. The largest absolute Gasteiger partial charge is 0.494 e. The highest BCUT2D eigenvalue weighted by molar-refractivity contribution is 6.34. The number of methoxy groups -OCH3 is 1. The second-order valence-electron chi connectivity index (χ2n) is 5.58. The molecule has 27 heavy (non-hydrogen) atoms. The third-order valence-electron chi connectivity index (χ3n) is 3.74. The molecular formula is C18H16ClN5O3. The lowest BCUT2D eigenvalue weighted by Gasteiger charge is -2.11. The maximum absolute atomic E-state index is 12.3. The van der Waals surface area contributed by atoms with E-state index < -0.39 is 0 Å². The normalized spacial score (nSPS) is 10.9. The molecule has 3 N–H and O–H groups in total. The number of rotatable bonds is 5. The van der Waals surface area contributed by atoms with Crippen LogP contribution in [-0.2, 0) is 0 Å². The Labute approximate surface area is 159 Å². The van der Waals surface area contributed by atoms with Crippen molar-refractivity contribution >= 4 is 34.6 Å². The molecule has 1 aromatic heterocycles. The number of H-pyrrole nitrogens is 2. The third-order valence-corrected chi connectivity index (χ3v) is 4.06. The van der Waals surface area contributed by atoms with Gasteiger partial charge >= 0.3 is 0 Å². The summed E-state index contributed by atoms with van der Waals surface area (Å²) in [4.78, 5) is 24.0. The Morgan fingerprint density at radius 2 is 1.89 bits per heavy atom. The van der Waals surface area contributed by atoms with Gasteiger partial charge in [0.1, 0.15) is 11.4 Å². The molecule has 0 fully saturated rings. The first-order valence-corrected chi connectivity index (χ1v) is 8.30. The molecule has 8 nitrogen and oxygen atoms in total. The quantitative estimate of drug-likeness (QED) is 0.568. The number of aromatic amines is 2. The summed E-state index contributed by atoms with van der Waals surface area (Å²) in [5.74, 6) is 0.0412. The predicted molar refractivity (Wildman–Crippen MR) is 103 cm³/mol. The number of hydrogen-bond donors (Lipinski definition) is 3. The summed E-state index contributed by atoms with van der Waals surface area (Å²) < 4.78 is 5.30. The molecule has 0 saturated heterocycles. The van der Waals surface area contributed by atoms with E-state index in [1.54, 1.807) is 37.3 Å². The SMILES string of the molecule is COc1cc(NC(=O)c2ccccc2)c(Cl)cc1N=Nc1c(C)[nH][nH]c1=O. The molecule has 9 heteroatoms. The topological polar surface area (TPSA) is 112 Å². The van der Waals surface area contributed by atoms with Crippen LogP contribution < -0.4 is 15.6 Å². The minimum Gasteiger partial charge on any atom is -0.494 e. The van der Waals surface area contributed by atoms with Crippen molar-refractivity contribution in [3.05, 3.63) is 69.1 Å². The van der Waals surface area contributed by atoms with Gasteiger partial charge in [0, 0.05) is 11.6 Å². The van der Waals surface area contributed by atoms with Gasteiger partial charge in [-0.1, -0.05) is 29.8 Å². The average molecular weight is 386 g/mol. The summed E-state index contributed by atoms with van der Waals surface area (Å²) in [6, 6.07) is 11.8. The van der Waals surface area contributed by atoms with Crippen molar-refractivity contribution < 1.29 is 9.53 Å². The first-order chi connectivity index (χ1) is 13.0. The van der Waals surface area contributed by atoms with Crippen LogP contribution in [0.2, 0.25) is 5.02 Å². The number of anilines is 1. The van der Waals surface area contributed by atoms with Crippen molar-refractivity contribution in [2.24, 2.45) is 10.2 Å². The van der Waals surface area contributed by atoms with Crippen molar-refractivity contribution in [2.45, 2.75) is 6.92 Å². The van der Waals surface area contributed by atoms with Crippen LogP contribution in [0.5, 0.6) is 5.75 Å². The second-order valence-corrected chi connectivity index (χ2v) is 5.98. The van der Waals surface area contributed by atoms with Gasteiger partial charge < -0.3 is 15.2 Å². The lowest BCUT2D eigenvalue weighted by molar-refractivity contribution is 0.102. The zero-order valence-corrected chi connectivity index (χ0v) is 15.3. The summed E-state index contributed by atoms with van der Waals surface area (Å²) >= 11 is 6.27. The fraction of sp³-hybridized carbons (Fsp3) is 0.111. The van der Waals surface area contributed by atoms with E-state index in [0.717, 1.165) is 0 Å². The minimum atomic E-state index is -0.381. The zero-order chi connectivity index (χ0) is 19.4. The molecule has 0 aliphatic rings. The van der Waals surface area contributed by atoms with E-state index >= 15 is 0 Å². The first-order valence-electron chi connectivity index (χ1n) is 7.92. The molecule has 0 radical (unpaired) electrons. The van der Waals surface area contributed by atoms with Gasteiger partial charge in [-0.25, -0.2) is 0 Å². The smallest absolute Gasteiger partial charge is 0.291 e. The van der Waals surface area contributed by atoms with Crippen LogP contribution in [0.1, 0.15) is 16.1 Å². The number of benzene rings is 2. The average Bonchev–Trinajstić information content (AvgIpc) is 3.00. The molecule has 138 valence electrons. The highest BCUT2D eigenvalue weighted by atomic mass is 35.5. The van der Waals surface area contributed by atoms with E-state index in [4.69, 9.17) is 16.3 Å². The Morgan fingerprint density at radius 1 is 1.15 bits per heavy atom. The van der Waals surface area contributed by atoms with Gasteiger partial charge in [0.25, 0.3) is 11.5 Å². The summed E-state index contributed by atoms with van der Waals surface area (Å²) in [6.45, 7) is 1.69. The van der Waals surface area contributed by atoms with Crippen LogP contribution in [0, 0.1) is 6.92 Å². The van der Waals surface area contributed by atoms with Crippen molar-refractivity contribution in [1.29, 1.82) is 0 Å². The summed E-state index contributed by atoms with van der Waals surface area (Å²) in [6.07, 6.45) is 0. The van der Waals surface area contributed by atoms with Gasteiger partial charge in [-0.15, -0.1) is 10.2 Å². The van der Waals surface area contributed by atoms with Crippen molar-refractivity contribution in [3.8, 4) is 5.75 Å². The van der Waals surface area contributed by atoms with Gasteiger partial charge in [-0.2, -0.15) is 0 Å². The Balaban J connectivity index is 1.89. The van der Waals surface area contributed by atoms with E-state index in [1.165, 1.54) is 13.2 Å². The van der Waals surface area contributed by atoms with Gasteiger partial charge in [-0.3, -0.25) is 14.7 Å². The Kier molecular flexibility index (Phi) is 5.37. The molecule has 0 saturated carbocycles. The van der Waals surface area contributed by atoms with Gasteiger partial charge in [0.05, 0.1) is 23.5 Å². The van der Waals surface area contributed by atoms with E-state index in [2.05, 4.69) is 25.7 Å². The van der Waals surface area contributed by atoms with Crippen LogP contribution >= 0.6 is 11.6 Å². The first kappa shape index (κ1) is 18.4. The van der Waals surface area contributed by atoms with E-state index in [-0.39, 0.29) is 22.2 Å². The van der Waals surface area contributed by atoms with Gasteiger partial charge in [-0.05, 0) is 25.1 Å². The molecule has 1 heterocycles. The lowest BCUT2D eigenvalue weighted by atomic mass is 10.2. The van der Waals surface area contributed by atoms with Crippen molar-refractivity contribution in [3.63, 3.8) is 0 Å². The van der Waals surface area contributed by atoms with Crippen LogP contribution in [0.25, 0.3) is 0 Å². The van der Waals surface area contributed by atoms with Crippen molar-refractivity contribution in [1.82, 2.24) is 10.2 Å². The highest BCUT2D eigenvalue weighted by Crippen LogP contribution is 2.37. The number of nitrogens with zero attached hydrogens (tertiary/aromatic N) is 2. The minimum absolute atomic E-state index is 0.162. The number of amides is 1. The van der Waals surface area contributed by atoms with Gasteiger partial charge in [0.2, 0.25) is 0 Å². The molecule has 0 spiro atoms. The molecular weight excluding hydrogens is 370 g/mol. The molecule has 1 amide bonds. The number of aryl methyl sites for hydroxylation is 1. The van der Waals surface area contributed by atoms with E-state index in [1.807, 2.05) is 6.07 Å². The molecule has 3 rings (SSSR count). The van der Waals surface area contributed by atoms with Crippen LogP contribution in [0.3, 0.4) is 0 Å². The number of hydrogen-bond acceptors (Lipinski definition) is 5. The molecule has 0 bridgehead atoms. The Morgan fingerprint density at radius 3 is 2.52 bits per heavy atom. The number of carbonyl (C=O) groups is 1. The number of carbonyl (C=O) groups excluding carboxylic acids is 1. The number of halogens is 1.